The molecule has 0 spiro atoms. The smallest absolute Gasteiger partial charge is 0.128 e. The van der Waals surface area contributed by atoms with Crippen molar-refractivity contribution >= 4 is 15.9 Å². The molecule has 0 saturated carbocycles. The molecule has 0 unspecified atom stereocenters. The van der Waals surface area contributed by atoms with E-state index in [2.05, 4.69) is 15.9 Å². The third-order valence-corrected chi connectivity index (χ3v) is 3.26. The topological polar surface area (TPSA) is 29.5 Å². The minimum atomic E-state index is -0.694. The lowest BCUT2D eigenvalue weighted by Gasteiger charge is -2.13. The average molecular weight is 325 g/mol. The Bertz CT molecular complexity index is 553. The van der Waals surface area contributed by atoms with Gasteiger partial charge in [-0.3, -0.25) is 0 Å². The van der Waals surface area contributed by atoms with Crippen LogP contribution in [-0.2, 0) is 6.61 Å². The molecule has 0 bridgehead atoms. The van der Waals surface area contributed by atoms with Crippen molar-refractivity contribution in [2.24, 2.45) is 0 Å². The van der Waals surface area contributed by atoms with E-state index in [-0.39, 0.29) is 5.82 Å². The van der Waals surface area contributed by atoms with E-state index in [0.29, 0.717) is 17.9 Å². The summed E-state index contributed by atoms with van der Waals surface area (Å²) in [6.07, 6.45) is -0.694. The van der Waals surface area contributed by atoms with Gasteiger partial charge in [-0.1, -0.05) is 28.1 Å². The number of rotatable bonds is 4. The number of aliphatic hydroxyl groups is 1. The molecule has 0 aliphatic heterocycles. The maximum atomic E-state index is 13.2. The van der Waals surface area contributed by atoms with E-state index in [9.17, 15) is 9.50 Å². The van der Waals surface area contributed by atoms with Gasteiger partial charge in [0.05, 0.1) is 6.10 Å². The van der Waals surface area contributed by atoms with Gasteiger partial charge in [0.1, 0.15) is 18.2 Å². The fraction of sp³-hybridized carbons (Fsp3) is 0.200. The summed E-state index contributed by atoms with van der Waals surface area (Å²) in [6, 6.07) is 11.8. The summed E-state index contributed by atoms with van der Waals surface area (Å²) in [5, 5.41) is 9.62. The summed E-state index contributed by atoms with van der Waals surface area (Å²) < 4.78 is 19.8. The summed E-state index contributed by atoms with van der Waals surface area (Å²) in [4.78, 5) is 0. The number of hydrogen-bond donors (Lipinski definition) is 1. The largest absolute Gasteiger partial charge is 0.488 e. The monoisotopic (exact) mass is 324 g/mol. The molecule has 1 N–H and O–H groups in total. The Balaban J connectivity index is 2.14. The zero-order chi connectivity index (χ0) is 13.8. The lowest BCUT2D eigenvalue weighted by Crippen LogP contribution is -2.01. The SMILES string of the molecule is C[C@H](O)c1ccc(F)cc1OCc1ccc(Br)cc1. The van der Waals surface area contributed by atoms with Crippen molar-refractivity contribution in [1.29, 1.82) is 0 Å². The van der Waals surface area contributed by atoms with Gasteiger partial charge in [0.2, 0.25) is 0 Å². The van der Waals surface area contributed by atoms with Crippen LogP contribution in [-0.4, -0.2) is 5.11 Å². The highest BCUT2D eigenvalue weighted by Gasteiger charge is 2.10. The van der Waals surface area contributed by atoms with Crippen molar-refractivity contribution in [3.8, 4) is 5.75 Å². The van der Waals surface area contributed by atoms with Crippen molar-refractivity contribution in [2.45, 2.75) is 19.6 Å². The zero-order valence-electron chi connectivity index (χ0n) is 10.4. The van der Waals surface area contributed by atoms with Gasteiger partial charge in [0, 0.05) is 16.1 Å². The molecule has 0 aliphatic rings. The van der Waals surface area contributed by atoms with Crippen LogP contribution in [0.15, 0.2) is 46.9 Å². The van der Waals surface area contributed by atoms with Gasteiger partial charge < -0.3 is 9.84 Å². The highest BCUT2D eigenvalue weighted by atomic mass is 79.9. The van der Waals surface area contributed by atoms with Crippen LogP contribution in [0.5, 0.6) is 5.75 Å². The van der Waals surface area contributed by atoms with Crippen LogP contribution in [0.1, 0.15) is 24.2 Å². The van der Waals surface area contributed by atoms with Crippen LogP contribution in [0.2, 0.25) is 0 Å². The molecule has 4 heteroatoms. The number of hydrogen-bond acceptors (Lipinski definition) is 2. The molecule has 0 heterocycles. The molecule has 0 aliphatic carbocycles. The first kappa shape index (κ1) is 14.0. The molecule has 2 aromatic carbocycles. The third-order valence-electron chi connectivity index (χ3n) is 2.73. The lowest BCUT2D eigenvalue weighted by atomic mass is 10.1. The highest BCUT2D eigenvalue weighted by Crippen LogP contribution is 2.26. The first-order chi connectivity index (χ1) is 9.06. The molecule has 0 radical (unpaired) electrons. The van der Waals surface area contributed by atoms with Crippen LogP contribution in [0.25, 0.3) is 0 Å². The molecule has 19 heavy (non-hydrogen) atoms. The first-order valence-electron chi connectivity index (χ1n) is 5.91. The van der Waals surface area contributed by atoms with Gasteiger partial charge in [0.15, 0.2) is 0 Å². The molecule has 2 nitrogen and oxygen atoms in total. The summed E-state index contributed by atoms with van der Waals surface area (Å²) in [5.74, 6) is -0.00637. The minimum Gasteiger partial charge on any atom is -0.488 e. The zero-order valence-corrected chi connectivity index (χ0v) is 12.0. The standard InChI is InChI=1S/C15H14BrFO2/c1-10(18)14-7-6-13(17)8-15(14)19-9-11-2-4-12(16)5-3-11/h2-8,10,18H,9H2,1H3/t10-/m0/s1. The van der Waals surface area contributed by atoms with Crippen molar-refractivity contribution in [3.05, 3.63) is 63.9 Å². The number of halogens is 2. The van der Waals surface area contributed by atoms with E-state index in [4.69, 9.17) is 4.74 Å². The van der Waals surface area contributed by atoms with Crippen molar-refractivity contribution < 1.29 is 14.2 Å². The molecule has 0 aromatic heterocycles. The first-order valence-corrected chi connectivity index (χ1v) is 6.70. The van der Waals surface area contributed by atoms with Crippen LogP contribution in [0.3, 0.4) is 0 Å². The molecule has 0 amide bonds. The lowest BCUT2D eigenvalue weighted by molar-refractivity contribution is 0.190. The minimum absolute atomic E-state index is 0.330. The normalized spacial score (nSPS) is 12.2. The van der Waals surface area contributed by atoms with E-state index in [1.165, 1.54) is 18.2 Å². The summed E-state index contributed by atoms with van der Waals surface area (Å²) >= 11 is 3.36. The Morgan fingerprint density at radius 1 is 1.21 bits per heavy atom. The molecule has 1 atom stereocenters. The molecular weight excluding hydrogens is 311 g/mol. The quantitative estimate of drug-likeness (QED) is 0.912. The third kappa shape index (κ3) is 3.78. The molecular formula is C15H14BrFO2. The Kier molecular flexibility index (Phi) is 4.56. The molecule has 0 saturated heterocycles. The Morgan fingerprint density at radius 2 is 1.89 bits per heavy atom. The van der Waals surface area contributed by atoms with E-state index in [0.717, 1.165) is 10.0 Å². The van der Waals surface area contributed by atoms with Gasteiger partial charge >= 0.3 is 0 Å². The summed E-state index contributed by atoms with van der Waals surface area (Å²) in [7, 11) is 0. The number of ether oxygens (including phenoxy) is 1. The van der Waals surface area contributed by atoms with Gasteiger partial charge in [0.25, 0.3) is 0 Å². The molecule has 0 fully saturated rings. The second-order valence-corrected chi connectivity index (χ2v) is 5.19. The highest BCUT2D eigenvalue weighted by molar-refractivity contribution is 9.10. The fourth-order valence-electron chi connectivity index (χ4n) is 1.72. The van der Waals surface area contributed by atoms with Crippen LogP contribution in [0, 0.1) is 5.82 Å². The molecule has 2 aromatic rings. The molecule has 2 rings (SSSR count). The number of benzene rings is 2. The van der Waals surface area contributed by atoms with Crippen LogP contribution < -0.4 is 4.74 Å². The van der Waals surface area contributed by atoms with Crippen molar-refractivity contribution in [2.75, 3.05) is 0 Å². The second-order valence-electron chi connectivity index (χ2n) is 4.27. The second kappa shape index (κ2) is 6.17. The fourth-order valence-corrected chi connectivity index (χ4v) is 1.98. The maximum absolute atomic E-state index is 13.2. The van der Waals surface area contributed by atoms with E-state index < -0.39 is 6.10 Å². The van der Waals surface area contributed by atoms with Gasteiger partial charge in [-0.05, 0) is 36.8 Å². The van der Waals surface area contributed by atoms with Gasteiger partial charge in [-0.15, -0.1) is 0 Å². The predicted molar refractivity (Wildman–Crippen MR) is 75.5 cm³/mol. The Labute approximate surface area is 120 Å². The Morgan fingerprint density at radius 3 is 2.53 bits per heavy atom. The van der Waals surface area contributed by atoms with Gasteiger partial charge in [-0.2, -0.15) is 0 Å². The van der Waals surface area contributed by atoms with E-state index in [1.807, 2.05) is 24.3 Å². The van der Waals surface area contributed by atoms with Crippen LogP contribution >= 0.6 is 15.9 Å². The predicted octanol–water partition coefficient (Wildman–Crippen LogP) is 4.22. The van der Waals surface area contributed by atoms with E-state index in [1.54, 1.807) is 6.92 Å². The summed E-state index contributed by atoms with van der Waals surface area (Å²) in [5.41, 5.74) is 1.56. The summed E-state index contributed by atoms with van der Waals surface area (Å²) in [6.45, 7) is 1.95. The van der Waals surface area contributed by atoms with Crippen LogP contribution in [0.4, 0.5) is 4.39 Å². The number of aliphatic hydroxyl groups excluding tert-OH is 1. The maximum Gasteiger partial charge on any atom is 0.128 e. The average Bonchev–Trinajstić information content (AvgIpc) is 2.38. The van der Waals surface area contributed by atoms with Crippen molar-refractivity contribution in [3.63, 3.8) is 0 Å². The van der Waals surface area contributed by atoms with Gasteiger partial charge in [-0.25, -0.2) is 4.39 Å². The Hall–Kier alpha value is -1.39. The van der Waals surface area contributed by atoms with E-state index >= 15 is 0 Å². The molecule has 100 valence electrons. The van der Waals surface area contributed by atoms with Crippen molar-refractivity contribution in [1.82, 2.24) is 0 Å².